The number of nitrogens with zero attached hydrogens (tertiary/aromatic N) is 2. The summed E-state index contributed by atoms with van der Waals surface area (Å²) in [6, 6.07) is 13.5. The van der Waals surface area contributed by atoms with Crippen molar-refractivity contribution < 1.29 is 5.11 Å². The number of rotatable bonds is 5. The van der Waals surface area contributed by atoms with E-state index in [4.69, 9.17) is 16.7 Å². The van der Waals surface area contributed by atoms with Crippen molar-refractivity contribution in [2.24, 2.45) is 0 Å². The lowest BCUT2D eigenvalue weighted by atomic mass is 10.2. The van der Waals surface area contributed by atoms with Crippen LogP contribution in [0.1, 0.15) is 5.56 Å². The van der Waals surface area contributed by atoms with Crippen molar-refractivity contribution in [1.82, 2.24) is 4.98 Å². The first kappa shape index (κ1) is 12.9. The maximum absolute atomic E-state index is 9.13. The zero-order valence-electron chi connectivity index (χ0n) is 9.96. The quantitative estimate of drug-likeness (QED) is 0.900. The smallest absolute Gasteiger partial charge is 0.128 e. The van der Waals surface area contributed by atoms with Gasteiger partial charge in [0.2, 0.25) is 0 Å². The Morgan fingerprint density at radius 3 is 2.50 bits per heavy atom. The van der Waals surface area contributed by atoms with Crippen LogP contribution in [0.25, 0.3) is 0 Å². The fourth-order valence-corrected chi connectivity index (χ4v) is 1.87. The number of aromatic nitrogens is 1. The number of aliphatic hydroxyl groups excluding tert-OH is 1. The van der Waals surface area contributed by atoms with E-state index in [-0.39, 0.29) is 6.61 Å². The van der Waals surface area contributed by atoms with Gasteiger partial charge in [0.05, 0.1) is 6.61 Å². The zero-order valence-corrected chi connectivity index (χ0v) is 10.7. The van der Waals surface area contributed by atoms with E-state index in [1.165, 1.54) is 0 Å². The van der Waals surface area contributed by atoms with Crippen LogP contribution in [0.4, 0.5) is 5.82 Å². The normalized spacial score (nSPS) is 10.3. The summed E-state index contributed by atoms with van der Waals surface area (Å²) >= 11 is 5.86. The maximum Gasteiger partial charge on any atom is 0.128 e. The molecule has 94 valence electrons. The van der Waals surface area contributed by atoms with Gasteiger partial charge >= 0.3 is 0 Å². The summed E-state index contributed by atoms with van der Waals surface area (Å²) in [6.07, 6.45) is 1.75. The molecule has 0 saturated heterocycles. The minimum Gasteiger partial charge on any atom is -0.395 e. The van der Waals surface area contributed by atoms with Gasteiger partial charge in [-0.05, 0) is 29.8 Å². The Hall–Kier alpha value is -1.58. The summed E-state index contributed by atoms with van der Waals surface area (Å²) in [5.74, 6) is 0.863. The van der Waals surface area contributed by atoms with Gasteiger partial charge in [-0.2, -0.15) is 0 Å². The van der Waals surface area contributed by atoms with Crippen LogP contribution in [-0.4, -0.2) is 23.2 Å². The molecule has 2 aromatic rings. The van der Waals surface area contributed by atoms with E-state index in [0.717, 1.165) is 16.4 Å². The fourth-order valence-electron chi connectivity index (χ4n) is 1.75. The van der Waals surface area contributed by atoms with Crippen molar-refractivity contribution in [3.05, 3.63) is 59.2 Å². The molecule has 0 fully saturated rings. The number of hydrogen-bond acceptors (Lipinski definition) is 3. The Labute approximate surface area is 112 Å². The molecule has 0 amide bonds. The van der Waals surface area contributed by atoms with Crippen molar-refractivity contribution in [2.75, 3.05) is 18.1 Å². The first-order valence-corrected chi connectivity index (χ1v) is 6.18. The summed E-state index contributed by atoms with van der Waals surface area (Å²) in [4.78, 5) is 6.33. The van der Waals surface area contributed by atoms with Crippen LogP contribution < -0.4 is 4.90 Å². The Balaban J connectivity index is 2.14. The van der Waals surface area contributed by atoms with Gasteiger partial charge < -0.3 is 10.0 Å². The molecule has 1 heterocycles. The van der Waals surface area contributed by atoms with Crippen LogP contribution in [-0.2, 0) is 6.54 Å². The SMILES string of the molecule is OCCN(Cc1ccc(Cl)cc1)c1ccccn1. The summed E-state index contributed by atoms with van der Waals surface area (Å²) in [5.41, 5.74) is 1.14. The highest BCUT2D eigenvalue weighted by molar-refractivity contribution is 6.30. The van der Waals surface area contributed by atoms with Gasteiger partial charge in [0.15, 0.2) is 0 Å². The van der Waals surface area contributed by atoms with E-state index in [2.05, 4.69) is 4.98 Å². The molecule has 0 aliphatic heterocycles. The van der Waals surface area contributed by atoms with Crippen LogP contribution in [0, 0.1) is 0 Å². The van der Waals surface area contributed by atoms with Gasteiger partial charge in [0.25, 0.3) is 0 Å². The van der Waals surface area contributed by atoms with Crippen molar-refractivity contribution in [1.29, 1.82) is 0 Å². The molecule has 0 aliphatic rings. The molecule has 1 aromatic carbocycles. The summed E-state index contributed by atoms with van der Waals surface area (Å²) < 4.78 is 0. The van der Waals surface area contributed by atoms with Gasteiger partial charge in [0, 0.05) is 24.3 Å². The molecule has 0 atom stereocenters. The average molecular weight is 263 g/mol. The lowest BCUT2D eigenvalue weighted by Crippen LogP contribution is -2.26. The minimum atomic E-state index is 0.101. The molecule has 2 rings (SSSR count). The van der Waals surface area contributed by atoms with Crippen LogP contribution in [0.3, 0.4) is 0 Å². The second kappa shape index (κ2) is 6.38. The minimum absolute atomic E-state index is 0.101. The third-order valence-electron chi connectivity index (χ3n) is 2.63. The predicted molar refractivity (Wildman–Crippen MR) is 73.8 cm³/mol. The average Bonchev–Trinajstić information content (AvgIpc) is 2.42. The van der Waals surface area contributed by atoms with E-state index in [1.807, 2.05) is 47.4 Å². The largest absolute Gasteiger partial charge is 0.395 e. The molecule has 0 saturated carbocycles. The van der Waals surface area contributed by atoms with Crippen LogP contribution in [0.15, 0.2) is 48.7 Å². The van der Waals surface area contributed by atoms with Crippen LogP contribution >= 0.6 is 11.6 Å². The highest BCUT2D eigenvalue weighted by Crippen LogP contribution is 2.15. The van der Waals surface area contributed by atoms with Crippen LogP contribution in [0.5, 0.6) is 0 Å². The number of pyridine rings is 1. The van der Waals surface area contributed by atoms with Crippen LogP contribution in [0.2, 0.25) is 5.02 Å². The van der Waals surface area contributed by atoms with Crippen molar-refractivity contribution >= 4 is 17.4 Å². The number of aliphatic hydroxyl groups is 1. The number of hydrogen-bond donors (Lipinski definition) is 1. The Bertz CT molecular complexity index is 473. The molecular weight excluding hydrogens is 248 g/mol. The van der Waals surface area contributed by atoms with E-state index >= 15 is 0 Å². The molecule has 0 unspecified atom stereocenters. The third kappa shape index (κ3) is 3.45. The van der Waals surface area contributed by atoms with Gasteiger partial charge in [-0.3, -0.25) is 0 Å². The highest BCUT2D eigenvalue weighted by atomic mass is 35.5. The zero-order chi connectivity index (χ0) is 12.8. The fraction of sp³-hybridized carbons (Fsp3) is 0.214. The van der Waals surface area contributed by atoms with Crippen molar-refractivity contribution in [3.8, 4) is 0 Å². The molecule has 1 N–H and O–H groups in total. The number of halogens is 1. The molecule has 3 nitrogen and oxygen atoms in total. The van der Waals surface area contributed by atoms with Gasteiger partial charge in [-0.15, -0.1) is 0 Å². The van der Waals surface area contributed by atoms with Gasteiger partial charge in [-0.1, -0.05) is 29.8 Å². The van der Waals surface area contributed by atoms with Gasteiger partial charge in [0.1, 0.15) is 5.82 Å². The predicted octanol–water partition coefficient (Wildman–Crippen LogP) is 2.73. The Morgan fingerprint density at radius 1 is 1.11 bits per heavy atom. The van der Waals surface area contributed by atoms with E-state index < -0.39 is 0 Å². The topological polar surface area (TPSA) is 36.4 Å². The monoisotopic (exact) mass is 262 g/mol. The van der Waals surface area contributed by atoms with Crippen molar-refractivity contribution in [3.63, 3.8) is 0 Å². The molecule has 0 radical (unpaired) electrons. The number of anilines is 1. The van der Waals surface area contributed by atoms with E-state index in [9.17, 15) is 0 Å². The first-order valence-electron chi connectivity index (χ1n) is 5.81. The molecule has 4 heteroatoms. The second-order valence-electron chi connectivity index (χ2n) is 3.96. The summed E-state index contributed by atoms with van der Waals surface area (Å²) in [6.45, 7) is 1.36. The molecular formula is C14H15ClN2O. The highest BCUT2D eigenvalue weighted by Gasteiger charge is 2.07. The van der Waals surface area contributed by atoms with E-state index in [1.54, 1.807) is 6.20 Å². The Kier molecular flexibility index (Phi) is 4.56. The molecule has 0 spiro atoms. The maximum atomic E-state index is 9.13. The lowest BCUT2D eigenvalue weighted by molar-refractivity contribution is 0.301. The summed E-state index contributed by atoms with van der Waals surface area (Å²) in [7, 11) is 0. The standard InChI is InChI=1S/C14H15ClN2O/c15-13-6-4-12(5-7-13)11-17(9-10-18)14-3-1-2-8-16-14/h1-8,18H,9-11H2. The van der Waals surface area contributed by atoms with Crippen molar-refractivity contribution in [2.45, 2.75) is 6.54 Å². The molecule has 18 heavy (non-hydrogen) atoms. The first-order chi connectivity index (χ1) is 8.79. The lowest BCUT2D eigenvalue weighted by Gasteiger charge is -2.22. The third-order valence-corrected chi connectivity index (χ3v) is 2.88. The molecule has 0 aliphatic carbocycles. The summed E-state index contributed by atoms with van der Waals surface area (Å²) in [5, 5.41) is 9.86. The second-order valence-corrected chi connectivity index (χ2v) is 4.40. The number of benzene rings is 1. The van der Waals surface area contributed by atoms with Gasteiger partial charge in [-0.25, -0.2) is 4.98 Å². The molecule has 0 bridgehead atoms. The van der Waals surface area contributed by atoms with E-state index in [0.29, 0.717) is 13.1 Å². The molecule has 1 aromatic heterocycles. The Morgan fingerprint density at radius 2 is 1.89 bits per heavy atom.